The number of anilines is 1. The summed E-state index contributed by atoms with van der Waals surface area (Å²) in [7, 11) is 0. The monoisotopic (exact) mass is 300 g/mol. The molecule has 6 heteroatoms. The third-order valence-corrected chi connectivity index (χ3v) is 4.46. The number of nitrogens with one attached hydrogen (secondary N) is 1. The lowest BCUT2D eigenvalue weighted by atomic mass is 9.97. The van der Waals surface area contributed by atoms with Crippen molar-refractivity contribution in [3.05, 3.63) is 42.6 Å². The lowest BCUT2D eigenvalue weighted by Crippen LogP contribution is -2.33. The lowest BCUT2D eigenvalue weighted by molar-refractivity contribution is 0.0115. The van der Waals surface area contributed by atoms with Gasteiger partial charge in [0.1, 0.15) is 5.76 Å². The van der Waals surface area contributed by atoms with Crippen LogP contribution in [-0.2, 0) is 11.3 Å². The van der Waals surface area contributed by atoms with Crippen LogP contribution in [0.4, 0.5) is 5.95 Å². The fraction of sp³-hybridized carbons (Fsp3) is 0.500. The smallest absolute Gasteiger partial charge is 0.222 e. The van der Waals surface area contributed by atoms with E-state index in [-0.39, 0.29) is 11.6 Å². The molecular weight excluding hydrogens is 280 g/mol. The van der Waals surface area contributed by atoms with Crippen molar-refractivity contribution >= 4 is 5.95 Å². The summed E-state index contributed by atoms with van der Waals surface area (Å²) in [6, 6.07) is 6.07. The molecule has 1 spiro atoms. The van der Waals surface area contributed by atoms with Gasteiger partial charge in [-0.3, -0.25) is 4.90 Å². The maximum Gasteiger partial charge on any atom is 0.222 e. The zero-order valence-corrected chi connectivity index (χ0v) is 12.4. The van der Waals surface area contributed by atoms with Crippen molar-refractivity contribution < 1.29 is 9.15 Å². The first kappa shape index (κ1) is 13.7. The first-order valence-electron chi connectivity index (χ1n) is 7.74. The molecule has 2 aromatic rings. The number of furan rings is 1. The largest absolute Gasteiger partial charge is 0.468 e. The van der Waals surface area contributed by atoms with Gasteiger partial charge in [-0.2, -0.15) is 0 Å². The maximum absolute atomic E-state index is 6.15. The molecule has 0 radical (unpaired) electrons. The molecule has 1 N–H and O–H groups in total. The van der Waals surface area contributed by atoms with Crippen LogP contribution in [0.1, 0.15) is 18.6 Å². The predicted octanol–water partition coefficient (Wildman–Crippen LogP) is 1.92. The summed E-state index contributed by atoms with van der Waals surface area (Å²) in [5, 5.41) is 3.37. The summed E-state index contributed by atoms with van der Waals surface area (Å²) in [6.45, 7) is 3.58. The van der Waals surface area contributed by atoms with Gasteiger partial charge in [0.05, 0.1) is 31.1 Å². The first-order valence-corrected chi connectivity index (χ1v) is 7.74. The van der Waals surface area contributed by atoms with E-state index in [1.165, 1.54) is 0 Å². The molecule has 0 unspecified atom stereocenters. The van der Waals surface area contributed by atoms with Crippen LogP contribution in [-0.4, -0.2) is 46.2 Å². The zero-order valence-electron chi connectivity index (χ0n) is 12.4. The van der Waals surface area contributed by atoms with Crippen molar-refractivity contribution in [2.24, 2.45) is 0 Å². The third kappa shape index (κ3) is 2.84. The molecule has 2 saturated heterocycles. The minimum atomic E-state index is -0.0287. The topological polar surface area (TPSA) is 63.4 Å². The molecule has 2 fully saturated rings. The Morgan fingerprint density at radius 3 is 3.05 bits per heavy atom. The summed E-state index contributed by atoms with van der Waals surface area (Å²) < 4.78 is 11.6. The molecule has 22 heavy (non-hydrogen) atoms. The molecule has 0 aromatic carbocycles. The summed E-state index contributed by atoms with van der Waals surface area (Å²) in [4.78, 5) is 10.8. The highest BCUT2D eigenvalue weighted by Gasteiger charge is 2.45. The molecular formula is C16H20N4O2. The van der Waals surface area contributed by atoms with Crippen LogP contribution in [0.3, 0.4) is 0 Å². The van der Waals surface area contributed by atoms with Crippen molar-refractivity contribution in [3.8, 4) is 0 Å². The quantitative estimate of drug-likeness (QED) is 0.930. The van der Waals surface area contributed by atoms with E-state index in [0.29, 0.717) is 12.6 Å². The molecule has 6 nitrogen and oxygen atoms in total. The maximum atomic E-state index is 6.15. The number of aromatic nitrogens is 2. The minimum absolute atomic E-state index is 0.0287. The van der Waals surface area contributed by atoms with Crippen molar-refractivity contribution in [1.82, 2.24) is 14.9 Å². The molecule has 116 valence electrons. The Balaban J connectivity index is 1.34. The van der Waals surface area contributed by atoms with Crippen LogP contribution in [0, 0.1) is 0 Å². The average molecular weight is 300 g/mol. The summed E-state index contributed by atoms with van der Waals surface area (Å²) in [5.74, 6) is 1.70. The Morgan fingerprint density at radius 1 is 1.32 bits per heavy atom. The van der Waals surface area contributed by atoms with E-state index in [1.807, 2.05) is 18.2 Å². The average Bonchev–Trinajstić information content (AvgIpc) is 3.25. The summed E-state index contributed by atoms with van der Waals surface area (Å²) >= 11 is 0. The number of ether oxygens (including phenoxy) is 1. The second-order valence-corrected chi connectivity index (χ2v) is 6.15. The molecule has 0 bridgehead atoms. The van der Waals surface area contributed by atoms with Crippen LogP contribution in [0.15, 0.2) is 41.3 Å². The standard InChI is InChI=1S/C16H20N4O2/c1-3-14(21-8-1)10-20-7-4-16(12-20)9-13(11-22-16)19-15-17-5-2-6-18-15/h1-3,5-6,8,13H,4,7,9-12H2,(H,17,18,19)/t13-,16+/m1/s1. The van der Waals surface area contributed by atoms with Gasteiger partial charge in [0.2, 0.25) is 5.95 Å². The van der Waals surface area contributed by atoms with E-state index in [4.69, 9.17) is 9.15 Å². The third-order valence-electron chi connectivity index (χ3n) is 4.46. The normalized spacial score (nSPS) is 28.5. The van der Waals surface area contributed by atoms with E-state index in [2.05, 4.69) is 20.2 Å². The van der Waals surface area contributed by atoms with Crippen molar-refractivity contribution in [3.63, 3.8) is 0 Å². The molecule has 4 heterocycles. The molecule has 2 aliphatic heterocycles. The number of nitrogens with zero attached hydrogens (tertiary/aromatic N) is 3. The SMILES string of the molecule is c1cnc(N[C@H]2CO[C@@]3(CCN(Cc4ccco4)C3)C2)nc1. The highest BCUT2D eigenvalue weighted by molar-refractivity contribution is 5.25. The van der Waals surface area contributed by atoms with Gasteiger partial charge in [0.15, 0.2) is 0 Å². The Labute approximate surface area is 129 Å². The molecule has 0 aliphatic carbocycles. The molecule has 4 rings (SSSR count). The predicted molar refractivity (Wildman–Crippen MR) is 81.3 cm³/mol. The van der Waals surface area contributed by atoms with E-state index >= 15 is 0 Å². The fourth-order valence-electron chi connectivity index (χ4n) is 3.46. The van der Waals surface area contributed by atoms with Crippen LogP contribution in [0.2, 0.25) is 0 Å². The van der Waals surface area contributed by atoms with Crippen molar-refractivity contribution in [1.29, 1.82) is 0 Å². The molecule has 2 atom stereocenters. The van der Waals surface area contributed by atoms with Gasteiger partial charge in [-0.05, 0) is 24.6 Å². The van der Waals surface area contributed by atoms with Crippen LogP contribution in [0.5, 0.6) is 0 Å². The van der Waals surface area contributed by atoms with Crippen LogP contribution >= 0.6 is 0 Å². The van der Waals surface area contributed by atoms with Crippen LogP contribution < -0.4 is 5.32 Å². The Morgan fingerprint density at radius 2 is 2.23 bits per heavy atom. The zero-order chi connectivity index (χ0) is 14.8. The number of hydrogen-bond donors (Lipinski definition) is 1. The van der Waals surface area contributed by atoms with E-state index < -0.39 is 0 Å². The second-order valence-electron chi connectivity index (χ2n) is 6.15. The van der Waals surface area contributed by atoms with Gasteiger partial charge in [0, 0.05) is 31.9 Å². The fourth-order valence-corrected chi connectivity index (χ4v) is 3.46. The van der Waals surface area contributed by atoms with Crippen molar-refractivity contribution in [2.45, 2.75) is 31.0 Å². The number of hydrogen-bond acceptors (Lipinski definition) is 6. The Bertz CT molecular complexity index is 604. The highest BCUT2D eigenvalue weighted by atomic mass is 16.5. The summed E-state index contributed by atoms with van der Waals surface area (Å²) in [6.07, 6.45) is 7.30. The molecule has 0 amide bonds. The number of rotatable bonds is 4. The van der Waals surface area contributed by atoms with E-state index in [1.54, 1.807) is 18.7 Å². The van der Waals surface area contributed by atoms with Gasteiger partial charge >= 0.3 is 0 Å². The molecule has 0 saturated carbocycles. The van der Waals surface area contributed by atoms with E-state index in [0.717, 1.165) is 38.2 Å². The van der Waals surface area contributed by atoms with Crippen LogP contribution in [0.25, 0.3) is 0 Å². The van der Waals surface area contributed by atoms with Gasteiger partial charge in [-0.15, -0.1) is 0 Å². The van der Waals surface area contributed by atoms with E-state index in [9.17, 15) is 0 Å². The first-order chi connectivity index (χ1) is 10.8. The van der Waals surface area contributed by atoms with Gasteiger partial charge in [-0.1, -0.05) is 0 Å². The highest BCUT2D eigenvalue weighted by Crippen LogP contribution is 2.36. The summed E-state index contributed by atoms with van der Waals surface area (Å²) in [5.41, 5.74) is -0.0287. The number of likely N-dealkylation sites (tertiary alicyclic amines) is 1. The Hall–Kier alpha value is -1.92. The Kier molecular flexibility index (Phi) is 3.56. The van der Waals surface area contributed by atoms with Gasteiger partial charge < -0.3 is 14.5 Å². The molecule has 2 aromatic heterocycles. The van der Waals surface area contributed by atoms with Crippen molar-refractivity contribution in [2.75, 3.05) is 25.0 Å². The van der Waals surface area contributed by atoms with Gasteiger partial charge in [0.25, 0.3) is 0 Å². The second kappa shape index (κ2) is 5.70. The van der Waals surface area contributed by atoms with Gasteiger partial charge in [-0.25, -0.2) is 9.97 Å². The lowest BCUT2D eigenvalue weighted by Gasteiger charge is -2.23. The minimum Gasteiger partial charge on any atom is -0.468 e. The molecule has 2 aliphatic rings.